The van der Waals surface area contributed by atoms with Crippen LogP contribution in [-0.4, -0.2) is 23.4 Å². The van der Waals surface area contributed by atoms with Crippen molar-refractivity contribution in [1.82, 2.24) is 4.90 Å². The summed E-state index contributed by atoms with van der Waals surface area (Å²) < 4.78 is 12.5. The molecule has 6 heteroatoms. The van der Waals surface area contributed by atoms with Gasteiger partial charge in [-0.3, -0.25) is 4.79 Å². The topological polar surface area (TPSA) is 44.1 Å². The summed E-state index contributed by atoms with van der Waals surface area (Å²) in [6.45, 7) is 13.6. The molecular formula is C28H37Cl2FN2O. The van der Waals surface area contributed by atoms with E-state index in [2.05, 4.69) is 32.6 Å². The number of likely N-dealkylation sites (tertiary alicyclic amines) is 1. The van der Waals surface area contributed by atoms with Gasteiger partial charge in [0.2, 0.25) is 5.91 Å². The van der Waals surface area contributed by atoms with E-state index in [0.717, 1.165) is 36.9 Å². The molecule has 0 spiro atoms. The second-order valence-corrected chi connectivity index (χ2v) is 9.65. The van der Waals surface area contributed by atoms with E-state index in [1.165, 1.54) is 18.6 Å². The van der Waals surface area contributed by atoms with Crippen LogP contribution in [-0.2, 0) is 11.2 Å². The van der Waals surface area contributed by atoms with Crippen LogP contribution in [0, 0.1) is 35.9 Å². The Morgan fingerprint density at radius 2 is 1.76 bits per heavy atom. The van der Waals surface area contributed by atoms with Gasteiger partial charge in [-0.2, -0.15) is 5.26 Å². The fourth-order valence-corrected chi connectivity index (χ4v) is 4.17. The van der Waals surface area contributed by atoms with Crippen LogP contribution in [0.4, 0.5) is 4.39 Å². The molecule has 0 bridgehead atoms. The van der Waals surface area contributed by atoms with E-state index < -0.39 is 0 Å². The SMILES string of the molecule is CCC(C)C1CC(=O)N(C(C)CC)C1.CCc1cc(F)ccc1Cl.Cc1ccc(C#N)c(Cl)c1. The summed E-state index contributed by atoms with van der Waals surface area (Å²) in [6, 6.07) is 12.2. The standard InChI is InChI=1S/C12H23NO.C8H8ClF.C8H6ClN/c1-5-9(3)11-7-12(14)13(8-11)10(4)6-2;1-2-6-5-7(10)3-4-8(6)9;1-6-2-3-7(5-10)8(9)4-6/h9-11H,5-8H2,1-4H3;3-5H,2H2,1H3;2-4H,1H3. The second kappa shape index (κ2) is 15.0. The quantitative estimate of drug-likeness (QED) is 0.409. The van der Waals surface area contributed by atoms with Gasteiger partial charge in [0.15, 0.2) is 0 Å². The van der Waals surface area contributed by atoms with Crippen molar-refractivity contribution in [2.75, 3.05) is 6.54 Å². The minimum Gasteiger partial charge on any atom is -0.340 e. The third-order valence-electron chi connectivity index (χ3n) is 6.39. The van der Waals surface area contributed by atoms with Crippen molar-refractivity contribution in [2.24, 2.45) is 11.8 Å². The number of hydrogen-bond donors (Lipinski definition) is 0. The molecule has 1 aliphatic rings. The molecule has 0 aliphatic carbocycles. The largest absolute Gasteiger partial charge is 0.340 e. The molecule has 3 nitrogen and oxygen atoms in total. The van der Waals surface area contributed by atoms with Crippen molar-refractivity contribution in [1.29, 1.82) is 5.26 Å². The Hall–Kier alpha value is -2.09. The van der Waals surface area contributed by atoms with Crippen molar-refractivity contribution in [2.45, 2.75) is 73.3 Å². The summed E-state index contributed by atoms with van der Waals surface area (Å²) in [7, 11) is 0. The van der Waals surface area contributed by atoms with Crippen LogP contribution >= 0.6 is 23.2 Å². The monoisotopic (exact) mass is 506 g/mol. The molecule has 1 saturated heterocycles. The smallest absolute Gasteiger partial charge is 0.223 e. The number of carbonyl (C=O) groups excluding carboxylic acids is 1. The Morgan fingerprint density at radius 3 is 2.26 bits per heavy atom. The fourth-order valence-electron chi connectivity index (χ4n) is 3.65. The number of halogens is 3. The van der Waals surface area contributed by atoms with Gasteiger partial charge in [-0.15, -0.1) is 0 Å². The van der Waals surface area contributed by atoms with Gasteiger partial charge < -0.3 is 4.90 Å². The molecular weight excluding hydrogens is 470 g/mol. The Balaban J connectivity index is 0.000000261. The van der Waals surface area contributed by atoms with Crippen LogP contribution in [0.5, 0.6) is 0 Å². The van der Waals surface area contributed by atoms with E-state index >= 15 is 0 Å². The predicted molar refractivity (Wildman–Crippen MR) is 141 cm³/mol. The maximum Gasteiger partial charge on any atom is 0.223 e. The molecule has 2 aromatic carbocycles. The first-order chi connectivity index (χ1) is 16.1. The average molecular weight is 508 g/mol. The second-order valence-electron chi connectivity index (χ2n) is 8.84. The highest BCUT2D eigenvalue weighted by Gasteiger charge is 2.34. The van der Waals surface area contributed by atoms with Gasteiger partial charge in [0, 0.05) is 24.0 Å². The van der Waals surface area contributed by atoms with Crippen LogP contribution in [0.25, 0.3) is 0 Å². The van der Waals surface area contributed by atoms with Crippen LogP contribution in [0.2, 0.25) is 10.0 Å². The zero-order valence-electron chi connectivity index (χ0n) is 21.2. The number of hydrogen-bond acceptors (Lipinski definition) is 2. The van der Waals surface area contributed by atoms with Crippen molar-refractivity contribution >= 4 is 29.1 Å². The first-order valence-corrected chi connectivity index (χ1v) is 12.7. The number of benzene rings is 2. The van der Waals surface area contributed by atoms with Gasteiger partial charge in [0.25, 0.3) is 0 Å². The molecule has 2 aromatic rings. The summed E-state index contributed by atoms with van der Waals surface area (Å²) in [6.07, 6.45) is 3.81. The molecule has 3 atom stereocenters. The van der Waals surface area contributed by atoms with Crippen LogP contribution in [0.1, 0.15) is 70.6 Å². The molecule has 1 heterocycles. The lowest BCUT2D eigenvalue weighted by atomic mass is 9.91. The minimum absolute atomic E-state index is 0.221. The predicted octanol–water partition coefficient (Wildman–Crippen LogP) is 8.24. The van der Waals surface area contributed by atoms with Crippen molar-refractivity contribution < 1.29 is 9.18 Å². The van der Waals surface area contributed by atoms with Gasteiger partial charge in [-0.25, -0.2) is 4.39 Å². The summed E-state index contributed by atoms with van der Waals surface area (Å²) in [5, 5.41) is 9.65. The molecule has 0 radical (unpaired) electrons. The molecule has 0 saturated carbocycles. The fraction of sp³-hybridized carbons (Fsp3) is 0.500. The lowest BCUT2D eigenvalue weighted by Crippen LogP contribution is -2.34. The third kappa shape index (κ3) is 9.28. The first-order valence-electron chi connectivity index (χ1n) is 12.0. The highest BCUT2D eigenvalue weighted by Crippen LogP contribution is 2.28. The molecule has 186 valence electrons. The lowest BCUT2D eigenvalue weighted by molar-refractivity contribution is -0.129. The van der Waals surface area contributed by atoms with Gasteiger partial charge in [0.05, 0.1) is 10.6 Å². The number of nitrogens with zero attached hydrogens (tertiary/aromatic N) is 2. The Kier molecular flexibility index (Phi) is 13.2. The highest BCUT2D eigenvalue weighted by atomic mass is 35.5. The van der Waals surface area contributed by atoms with E-state index in [1.54, 1.807) is 18.2 Å². The molecule has 0 N–H and O–H groups in total. The Morgan fingerprint density at radius 1 is 1.09 bits per heavy atom. The summed E-state index contributed by atoms with van der Waals surface area (Å²) in [5.41, 5.74) is 2.47. The van der Waals surface area contributed by atoms with Crippen LogP contribution in [0.3, 0.4) is 0 Å². The Labute approximate surface area is 214 Å². The normalized spacial score (nSPS) is 16.5. The number of rotatable bonds is 5. The number of carbonyl (C=O) groups is 1. The number of aryl methyl sites for hydroxylation is 2. The number of nitriles is 1. The zero-order chi connectivity index (χ0) is 25.8. The van der Waals surface area contributed by atoms with Crippen molar-refractivity contribution in [3.05, 3.63) is 69.0 Å². The van der Waals surface area contributed by atoms with E-state index in [0.29, 0.717) is 39.4 Å². The maximum absolute atomic E-state index is 12.5. The van der Waals surface area contributed by atoms with Gasteiger partial charge in [-0.05, 0) is 80.0 Å². The van der Waals surface area contributed by atoms with E-state index in [-0.39, 0.29) is 5.82 Å². The van der Waals surface area contributed by atoms with Gasteiger partial charge >= 0.3 is 0 Å². The molecule has 34 heavy (non-hydrogen) atoms. The number of amides is 1. The highest BCUT2D eigenvalue weighted by molar-refractivity contribution is 6.31. The van der Waals surface area contributed by atoms with E-state index in [1.807, 2.05) is 26.0 Å². The lowest BCUT2D eigenvalue weighted by Gasteiger charge is -2.24. The first kappa shape index (κ1) is 29.9. The van der Waals surface area contributed by atoms with Gasteiger partial charge in [0.1, 0.15) is 11.9 Å². The minimum atomic E-state index is -0.221. The maximum atomic E-state index is 12.5. The van der Waals surface area contributed by atoms with E-state index in [4.69, 9.17) is 28.5 Å². The van der Waals surface area contributed by atoms with Gasteiger partial charge in [-0.1, -0.05) is 63.4 Å². The zero-order valence-corrected chi connectivity index (χ0v) is 22.7. The summed E-state index contributed by atoms with van der Waals surface area (Å²) in [4.78, 5) is 13.8. The van der Waals surface area contributed by atoms with Crippen molar-refractivity contribution in [3.63, 3.8) is 0 Å². The molecule has 3 rings (SSSR count). The molecule has 1 amide bonds. The third-order valence-corrected chi connectivity index (χ3v) is 7.08. The summed E-state index contributed by atoms with van der Waals surface area (Å²) >= 11 is 11.4. The Bertz CT molecular complexity index is 964. The van der Waals surface area contributed by atoms with Crippen molar-refractivity contribution in [3.8, 4) is 6.07 Å². The molecule has 1 fully saturated rings. The average Bonchev–Trinajstić information content (AvgIpc) is 3.22. The van der Waals surface area contributed by atoms with Crippen LogP contribution < -0.4 is 0 Å². The van der Waals surface area contributed by atoms with E-state index in [9.17, 15) is 9.18 Å². The summed E-state index contributed by atoms with van der Waals surface area (Å²) in [5.74, 6) is 1.43. The molecule has 0 aromatic heterocycles. The van der Waals surface area contributed by atoms with Crippen LogP contribution in [0.15, 0.2) is 36.4 Å². The molecule has 1 aliphatic heterocycles. The molecule has 3 unspecified atom stereocenters.